The number of fused-ring (bicyclic) bond motifs is 1. The highest BCUT2D eigenvalue weighted by atomic mass is 16.5. The van der Waals surface area contributed by atoms with E-state index in [-0.39, 0.29) is 5.97 Å². The highest BCUT2D eigenvalue weighted by Crippen LogP contribution is 2.17. The average molecular weight is 321 g/mol. The molecule has 3 rings (SSSR count). The van der Waals surface area contributed by atoms with Gasteiger partial charge < -0.3 is 4.74 Å². The fraction of sp³-hybridized carbons (Fsp3) is 0.211. The zero-order valence-electron chi connectivity index (χ0n) is 13.6. The lowest BCUT2D eigenvalue weighted by Crippen LogP contribution is -2.08. The van der Waals surface area contributed by atoms with Crippen molar-refractivity contribution < 1.29 is 9.53 Å². The van der Waals surface area contributed by atoms with Crippen molar-refractivity contribution in [1.29, 1.82) is 0 Å². The Morgan fingerprint density at radius 2 is 1.71 bits per heavy atom. The van der Waals surface area contributed by atoms with Crippen molar-refractivity contribution in [2.75, 3.05) is 6.61 Å². The first-order chi connectivity index (χ1) is 11.6. The van der Waals surface area contributed by atoms with Crippen LogP contribution in [0.1, 0.15) is 18.9 Å². The van der Waals surface area contributed by atoms with Gasteiger partial charge >= 0.3 is 5.97 Å². The number of aryl methyl sites for hydroxylation is 1. The van der Waals surface area contributed by atoms with Gasteiger partial charge in [-0.15, -0.1) is 10.2 Å². The minimum Gasteiger partial charge on any atom is -0.462 e. The summed E-state index contributed by atoms with van der Waals surface area (Å²) >= 11 is 0. The highest BCUT2D eigenvalue weighted by molar-refractivity contribution is 5.86. The topological polar surface area (TPSA) is 57.0 Å². The van der Waals surface area contributed by atoms with E-state index >= 15 is 0 Å². The molecule has 3 aromatic rings. The van der Waals surface area contributed by atoms with E-state index in [4.69, 9.17) is 4.74 Å². The Morgan fingerprint density at radius 3 is 2.38 bits per heavy atom. The molecule has 0 fully saturated rings. The summed E-state index contributed by atoms with van der Waals surface area (Å²) in [6.45, 7) is 5.59. The number of hydrogen-bond donors (Lipinski definition) is 0. The predicted molar refractivity (Wildman–Crippen MR) is 93.0 cm³/mol. The van der Waals surface area contributed by atoms with Gasteiger partial charge in [0.1, 0.15) is 11.0 Å². The minimum atomic E-state index is -0.344. The fourth-order valence-electron chi connectivity index (χ4n) is 2.44. The number of rotatable bonds is 6. The van der Waals surface area contributed by atoms with Crippen molar-refractivity contribution in [3.63, 3.8) is 0 Å². The molecular weight excluding hydrogens is 302 g/mol. The largest absolute Gasteiger partial charge is 0.462 e. The molecule has 0 atom stereocenters. The molecule has 0 aliphatic heterocycles. The van der Waals surface area contributed by atoms with Gasteiger partial charge in [-0.25, -0.2) is 4.79 Å². The molecule has 1 heterocycles. The van der Waals surface area contributed by atoms with Crippen LogP contribution in [-0.2, 0) is 16.0 Å². The summed E-state index contributed by atoms with van der Waals surface area (Å²) in [6.07, 6.45) is 1.51. The van der Waals surface area contributed by atoms with Gasteiger partial charge in [-0.2, -0.15) is 4.80 Å². The van der Waals surface area contributed by atoms with Crippen LogP contribution < -0.4 is 0 Å². The summed E-state index contributed by atoms with van der Waals surface area (Å²) in [7, 11) is 0. The summed E-state index contributed by atoms with van der Waals surface area (Å²) in [5, 5.41) is 9.06. The quantitative estimate of drug-likeness (QED) is 0.396. The van der Waals surface area contributed by atoms with Crippen LogP contribution in [0.3, 0.4) is 0 Å². The van der Waals surface area contributed by atoms with Crippen molar-refractivity contribution in [3.8, 4) is 5.69 Å². The van der Waals surface area contributed by atoms with E-state index in [1.54, 1.807) is 11.7 Å². The maximum absolute atomic E-state index is 11.4. The van der Waals surface area contributed by atoms with Crippen molar-refractivity contribution in [3.05, 3.63) is 66.2 Å². The molecular formula is C19H19N3O2. The molecule has 2 aromatic carbocycles. The lowest BCUT2D eigenvalue weighted by molar-refractivity contribution is -0.139. The molecule has 5 nitrogen and oxygen atoms in total. The number of aromatic nitrogens is 3. The lowest BCUT2D eigenvalue weighted by Gasteiger charge is -2.08. The summed E-state index contributed by atoms with van der Waals surface area (Å²) in [5.41, 5.74) is 4.21. The van der Waals surface area contributed by atoms with E-state index in [0.29, 0.717) is 12.2 Å². The summed E-state index contributed by atoms with van der Waals surface area (Å²) in [5.74, 6) is -0.344. The van der Waals surface area contributed by atoms with Crippen molar-refractivity contribution >= 4 is 17.0 Å². The average Bonchev–Trinajstić information content (AvgIpc) is 3.02. The molecule has 0 N–H and O–H groups in total. The van der Waals surface area contributed by atoms with Crippen LogP contribution in [0.15, 0.2) is 60.7 Å². The molecule has 0 unspecified atom stereocenters. The molecule has 24 heavy (non-hydrogen) atoms. The Labute approximate surface area is 140 Å². The Hall–Kier alpha value is -2.95. The zero-order chi connectivity index (χ0) is 16.9. The van der Waals surface area contributed by atoms with Gasteiger partial charge in [-0.3, -0.25) is 0 Å². The van der Waals surface area contributed by atoms with Crippen LogP contribution in [0.5, 0.6) is 0 Å². The third kappa shape index (κ3) is 3.51. The van der Waals surface area contributed by atoms with Crippen LogP contribution in [0.4, 0.5) is 0 Å². The third-order valence-electron chi connectivity index (χ3n) is 3.67. The van der Waals surface area contributed by atoms with E-state index in [0.717, 1.165) is 35.1 Å². The molecule has 0 aliphatic carbocycles. The monoisotopic (exact) mass is 321 g/mol. The smallest absolute Gasteiger partial charge is 0.333 e. The van der Waals surface area contributed by atoms with Crippen LogP contribution >= 0.6 is 0 Å². The summed E-state index contributed by atoms with van der Waals surface area (Å²) in [4.78, 5) is 13.1. The van der Waals surface area contributed by atoms with Crippen molar-refractivity contribution in [1.82, 2.24) is 15.0 Å². The van der Waals surface area contributed by atoms with E-state index in [1.807, 2.05) is 48.5 Å². The third-order valence-corrected chi connectivity index (χ3v) is 3.67. The Bertz CT molecular complexity index is 850. The first-order valence-corrected chi connectivity index (χ1v) is 7.88. The van der Waals surface area contributed by atoms with Gasteiger partial charge in [0.25, 0.3) is 0 Å². The number of nitrogens with zero attached hydrogens (tertiary/aromatic N) is 3. The van der Waals surface area contributed by atoms with E-state index in [9.17, 15) is 4.79 Å². The summed E-state index contributed by atoms with van der Waals surface area (Å²) in [6, 6.07) is 15.8. The van der Waals surface area contributed by atoms with Gasteiger partial charge in [0.2, 0.25) is 0 Å². The number of benzene rings is 2. The molecule has 0 amide bonds. The molecule has 0 spiro atoms. The first kappa shape index (κ1) is 15.9. The molecule has 0 aliphatic rings. The standard InChI is InChI=1S/C19H19N3O2/c1-14(2)19(23)24-13-7-9-15-8-3-6-12-18(15)22-20-16-10-4-5-11-17(16)21-22/h3-6,8,10-12H,1,7,9,13H2,2H3. The molecule has 0 bridgehead atoms. The molecule has 5 heteroatoms. The first-order valence-electron chi connectivity index (χ1n) is 7.88. The molecule has 0 saturated carbocycles. The predicted octanol–water partition coefficient (Wildman–Crippen LogP) is 3.47. The molecule has 1 aromatic heterocycles. The molecule has 122 valence electrons. The van der Waals surface area contributed by atoms with Gasteiger partial charge in [0, 0.05) is 5.57 Å². The minimum absolute atomic E-state index is 0.344. The molecule has 0 saturated heterocycles. The van der Waals surface area contributed by atoms with Crippen LogP contribution in [0.25, 0.3) is 16.7 Å². The van der Waals surface area contributed by atoms with Crippen molar-refractivity contribution in [2.45, 2.75) is 19.8 Å². The van der Waals surface area contributed by atoms with Crippen molar-refractivity contribution in [2.24, 2.45) is 0 Å². The number of ether oxygens (including phenoxy) is 1. The van der Waals surface area contributed by atoms with Gasteiger partial charge in [0.05, 0.1) is 12.3 Å². The normalized spacial score (nSPS) is 10.7. The Morgan fingerprint density at radius 1 is 1.08 bits per heavy atom. The van der Waals surface area contributed by atoms with Gasteiger partial charge in [-0.05, 0) is 43.5 Å². The number of esters is 1. The van der Waals surface area contributed by atoms with Crippen LogP contribution in [0.2, 0.25) is 0 Å². The maximum Gasteiger partial charge on any atom is 0.333 e. The van der Waals surface area contributed by atoms with Gasteiger partial charge in [-0.1, -0.05) is 36.9 Å². The Balaban J connectivity index is 1.73. The summed E-state index contributed by atoms with van der Waals surface area (Å²) < 4.78 is 5.14. The number of carbonyl (C=O) groups excluding carboxylic acids is 1. The number of hydrogen-bond acceptors (Lipinski definition) is 4. The zero-order valence-corrected chi connectivity index (χ0v) is 13.6. The maximum atomic E-state index is 11.4. The van der Waals surface area contributed by atoms with Gasteiger partial charge in [0.15, 0.2) is 0 Å². The Kier molecular flexibility index (Phi) is 4.70. The SMILES string of the molecule is C=C(C)C(=O)OCCCc1ccccc1-n1nc2ccccc2n1. The van der Waals surface area contributed by atoms with E-state index < -0.39 is 0 Å². The van der Waals surface area contributed by atoms with E-state index in [1.165, 1.54) is 0 Å². The highest BCUT2D eigenvalue weighted by Gasteiger charge is 2.09. The van der Waals surface area contributed by atoms with E-state index in [2.05, 4.69) is 16.8 Å². The second-order valence-corrected chi connectivity index (χ2v) is 5.63. The fourth-order valence-corrected chi connectivity index (χ4v) is 2.44. The second-order valence-electron chi connectivity index (χ2n) is 5.63. The number of para-hydroxylation sites is 1. The van der Waals surface area contributed by atoms with Crippen LogP contribution in [-0.4, -0.2) is 27.6 Å². The van der Waals surface area contributed by atoms with Crippen LogP contribution in [0, 0.1) is 0 Å². The number of carbonyl (C=O) groups is 1. The molecule has 0 radical (unpaired) electrons. The lowest BCUT2D eigenvalue weighted by atomic mass is 10.1. The second kappa shape index (κ2) is 7.08.